The molecule has 0 radical (unpaired) electrons. The molecule has 4 rings (SSSR count). The van der Waals surface area contributed by atoms with Crippen LogP contribution in [0.3, 0.4) is 0 Å². The lowest BCUT2D eigenvalue weighted by Crippen LogP contribution is -2.18. The van der Waals surface area contributed by atoms with Crippen LogP contribution in [0.5, 0.6) is 5.75 Å². The summed E-state index contributed by atoms with van der Waals surface area (Å²) in [6, 6.07) is 7.99. The number of anilines is 3. The number of ether oxygens (including phenoxy) is 1. The molecule has 0 saturated carbocycles. The summed E-state index contributed by atoms with van der Waals surface area (Å²) in [5, 5.41) is 5.37. The van der Waals surface area contributed by atoms with E-state index in [-0.39, 0.29) is 12.4 Å². The van der Waals surface area contributed by atoms with E-state index in [9.17, 15) is 13.2 Å². The van der Waals surface area contributed by atoms with Gasteiger partial charge >= 0.3 is 6.18 Å². The van der Waals surface area contributed by atoms with Crippen molar-refractivity contribution in [1.82, 2.24) is 9.97 Å². The molecule has 1 N–H and O–H groups in total. The van der Waals surface area contributed by atoms with Crippen LogP contribution in [-0.4, -0.2) is 29.7 Å². The zero-order valence-electron chi connectivity index (χ0n) is 18.5. The van der Waals surface area contributed by atoms with Gasteiger partial charge < -0.3 is 15.0 Å². The summed E-state index contributed by atoms with van der Waals surface area (Å²) >= 11 is 1.33. The zero-order valence-corrected chi connectivity index (χ0v) is 19.3. The largest absolute Gasteiger partial charge is 0.493 e. The number of hydrogen-bond acceptors (Lipinski definition) is 6. The van der Waals surface area contributed by atoms with Gasteiger partial charge in [0, 0.05) is 35.9 Å². The Hall–Kier alpha value is -2.81. The van der Waals surface area contributed by atoms with Crippen LogP contribution >= 0.6 is 11.3 Å². The molecule has 3 heterocycles. The SMILES string of the molecule is CCCCCOc1ccc(Nc2nc(-c3ccc(N4CCCC4)nc3)cs2)cc1C(F)(F)F. The zero-order chi connectivity index (χ0) is 23.3. The molecule has 5 nitrogen and oxygen atoms in total. The number of rotatable bonds is 9. The van der Waals surface area contributed by atoms with Crippen molar-refractivity contribution in [3.63, 3.8) is 0 Å². The first-order chi connectivity index (χ1) is 15.9. The summed E-state index contributed by atoms with van der Waals surface area (Å²) in [7, 11) is 0. The molecule has 1 fully saturated rings. The molecular weight excluding hydrogens is 449 g/mol. The van der Waals surface area contributed by atoms with Crippen molar-refractivity contribution in [1.29, 1.82) is 0 Å². The molecule has 0 aliphatic carbocycles. The molecule has 0 bridgehead atoms. The normalized spacial score (nSPS) is 14.0. The van der Waals surface area contributed by atoms with E-state index in [1.807, 2.05) is 24.4 Å². The van der Waals surface area contributed by atoms with E-state index in [0.717, 1.165) is 55.5 Å². The Morgan fingerprint density at radius 2 is 1.94 bits per heavy atom. The number of nitrogens with zero attached hydrogens (tertiary/aromatic N) is 3. The summed E-state index contributed by atoms with van der Waals surface area (Å²) in [6.45, 7) is 4.36. The van der Waals surface area contributed by atoms with Gasteiger partial charge in [0.05, 0.1) is 17.9 Å². The Morgan fingerprint density at radius 1 is 1.12 bits per heavy atom. The Labute approximate surface area is 195 Å². The average Bonchev–Trinajstić information content (AvgIpc) is 3.49. The number of unbranched alkanes of at least 4 members (excludes halogenated alkanes) is 2. The van der Waals surface area contributed by atoms with Crippen LogP contribution in [0, 0.1) is 0 Å². The second-order valence-corrected chi connectivity index (χ2v) is 8.88. The quantitative estimate of drug-likeness (QED) is 0.333. The van der Waals surface area contributed by atoms with Crippen molar-refractivity contribution in [3.05, 3.63) is 47.5 Å². The summed E-state index contributed by atoms with van der Waals surface area (Å²) < 4.78 is 46.2. The van der Waals surface area contributed by atoms with Crippen LogP contribution < -0.4 is 15.0 Å². The van der Waals surface area contributed by atoms with Gasteiger partial charge in [0.25, 0.3) is 0 Å². The number of nitrogens with one attached hydrogen (secondary N) is 1. The van der Waals surface area contributed by atoms with Gasteiger partial charge in [0.2, 0.25) is 0 Å². The van der Waals surface area contributed by atoms with E-state index in [1.165, 1.54) is 30.2 Å². The highest BCUT2D eigenvalue weighted by molar-refractivity contribution is 7.14. The first-order valence-corrected chi connectivity index (χ1v) is 12.1. The topological polar surface area (TPSA) is 50.3 Å². The Bertz CT molecular complexity index is 1050. The Morgan fingerprint density at radius 3 is 2.64 bits per heavy atom. The van der Waals surface area contributed by atoms with Crippen LogP contribution in [-0.2, 0) is 6.18 Å². The van der Waals surface area contributed by atoms with Gasteiger partial charge in [-0.2, -0.15) is 13.2 Å². The fourth-order valence-electron chi connectivity index (χ4n) is 3.75. The molecule has 0 spiro atoms. The van der Waals surface area contributed by atoms with Crippen molar-refractivity contribution in [2.45, 2.75) is 45.2 Å². The van der Waals surface area contributed by atoms with Crippen molar-refractivity contribution in [2.75, 3.05) is 29.9 Å². The monoisotopic (exact) mass is 476 g/mol. The van der Waals surface area contributed by atoms with Gasteiger partial charge in [-0.1, -0.05) is 19.8 Å². The fraction of sp³-hybridized carbons (Fsp3) is 0.417. The number of benzene rings is 1. The van der Waals surface area contributed by atoms with E-state index in [0.29, 0.717) is 10.8 Å². The summed E-state index contributed by atoms with van der Waals surface area (Å²) in [4.78, 5) is 11.3. The second kappa shape index (κ2) is 10.4. The summed E-state index contributed by atoms with van der Waals surface area (Å²) in [5.41, 5.74) is 1.12. The summed E-state index contributed by atoms with van der Waals surface area (Å²) in [5.74, 6) is 0.814. The van der Waals surface area contributed by atoms with Gasteiger partial charge in [-0.15, -0.1) is 11.3 Å². The van der Waals surface area contributed by atoms with Crippen LogP contribution in [0.4, 0.5) is 29.8 Å². The third-order valence-electron chi connectivity index (χ3n) is 5.52. The van der Waals surface area contributed by atoms with Crippen molar-refractivity contribution in [3.8, 4) is 17.0 Å². The molecule has 0 amide bonds. The lowest BCUT2D eigenvalue weighted by Gasteiger charge is -2.16. The third kappa shape index (κ3) is 5.96. The minimum atomic E-state index is -4.51. The lowest BCUT2D eigenvalue weighted by molar-refractivity contribution is -0.138. The second-order valence-electron chi connectivity index (χ2n) is 8.03. The minimum absolute atomic E-state index is 0.145. The highest BCUT2D eigenvalue weighted by Gasteiger charge is 2.34. The van der Waals surface area contributed by atoms with E-state index in [2.05, 4.69) is 20.2 Å². The molecule has 1 aliphatic rings. The number of hydrogen-bond donors (Lipinski definition) is 1. The lowest BCUT2D eigenvalue weighted by atomic mass is 10.1. The van der Waals surface area contributed by atoms with Gasteiger partial charge in [-0.3, -0.25) is 0 Å². The standard InChI is InChI=1S/C24H27F3N4OS/c1-2-3-6-13-32-21-9-8-18(14-19(21)24(25,26)27)29-23-30-20(16-33-23)17-7-10-22(28-15-17)31-11-4-5-12-31/h7-10,14-16H,2-6,11-13H2,1H3,(H,29,30). The smallest absolute Gasteiger partial charge is 0.420 e. The Balaban J connectivity index is 1.45. The molecule has 176 valence electrons. The van der Waals surface area contributed by atoms with E-state index >= 15 is 0 Å². The fourth-order valence-corrected chi connectivity index (χ4v) is 4.49. The highest BCUT2D eigenvalue weighted by Crippen LogP contribution is 2.39. The van der Waals surface area contributed by atoms with Gasteiger partial charge in [0.1, 0.15) is 11.6 Å². The molecule has 9 heteroatoms. The minimum Gasteiger partial charge on any atom is -0.493 e. The number of alkyl halides is 3. The van der Waals surface area contributed by atoms with Crippen LogP contribution in [0.25, 0.3) is 11.3 Å². The van der Waals surface area contributed by atoms with Crippen molar-refractivity contribution < 1.29 is 17.9 Å². The predicted molar refractivity (Wildman–Crippen MR) is 127 cm³/mol. The number of halogens is 3. The molecule has 1 aromatic carbocycles. The predicted octanol–water partition coefficient (Wildman–Crippen LogP) is 7.14. The molecule has 33 heavy (non-hydrogen) atoms. The van der Waals surface area contributed by atoms with E-state index in [1.54, 1.807) is 12.3 Å². The van der Waals surface area contributed by atoms with E-state index < -0.39 is 11.7 Å². The molecule has 2 aromatic heterocycles. The molecule has 3 aromatic rings. The van der Waals surface area contributed by atoms with Gasteiger partial charge in [-0.05, 0) is 49.6 Å². The molecule has 1 aliphatic heterocycles. The summed E-state index contributed by atoms with van der Waals surface area (Å²) in [6.07, 6.45) is 2.28. The van der Waals surface area contributed by atoms with Gasteiger partial charge in [0.15, 0.2) is 5.13 Å². The number of thiazole rings is 1. The Kier molecular flexibility index (Phi) is 7.37. The van der Waals surface area contributed by atoms with Crippen molar-refractivity contribution >= 4 is 28.0 Å². The average molecular weight is 477 g/mol. The third-order valence-corrected chi connectivity index (χ3v) is 6.28. The highest BCUT2D eigenvalue weighted by atomic mass is 32.1. The first-order valence-electron chi connectivity index (χ1n) is 11.2. The maximum absolute atomic E-state index is 13.6. The number of aromatic nitrogens is 2. The van der Waals surface area contributed by atoms with Crippen LogP contribution in [0.2, 0.25) is 0 Å². The maximum Gasteiger partial charge on any atom is 0.420 e. The molecule has 0 atom stereocenters. The van der Waals surface area contributed by atoms with Crippen LogP contribution in [0.15, 0.2) is 41.9 Å². The molecule has 1 saturated heterocycles. The van der Waals surface area contributed by atoms with Crippen molar-refractivity contribution in [2.24, 2.45) is 0 Å². The van der Waals surface area contributed by atoms with Crippen LogP contribution in [0.1, 0.15) is 44.6 Å². The molecular formula is C24H27F3N4OS. The maximum atomic E-state index is 13.6. The first kappa shape index (κ1) is 23.4. The molecule has 0 unspecified atom stereocenters. The van der Waals surface area contributed by atoms with E-state index in [4.69, 9.17) is 4.74 Å². The number of pyridine rings is 1. The van der Waals surface area contributed by atoms with Gasteiger partial charge in [-0.25, -0.2) is 9.97 Å².